The second kappa shape index (κ2) is 8.35. The van der Waals surface area contributed by atoms with E-state index in [9.17, 15) is 10.1 Å². The summed E-state index contributed by atoms with van der Waals surface area (Å²) in [6.45, 7) is 8.40. The van der Waals surface area contributed by atoms with Crippen molar-refractivity contribution in [3.63, 3.8) is 0 Å². The molecule has 25 heavy (non-hydrogen) atoms. The SMILES string of the molecule is CCO[C@@]1(C(=O)Nc2ccc(OC(C)C)c(C#N)c2)CCC[C@@H](C)C1. The molecule has 2 atom stereocenters. The fraction of sp³-hybridized carbons (Fsp3) is 0.600. The average molecular weight is 344 g/mol. The Labute approximate surface area is 150 Å². The number of anilines is 1. The van der Waals surface area contributed by atoms with E-state index in [1.807, 2.05) is 20.8 Å². The van der Waals surface area contributed by atoms with Gasteiger partial charge in [0.25, 0.3) is 5.91 Å². The number of nitrogens with zero attached hydrogens (tertiary/aromatic N) is 1. The number of nitriles is 1. The quantitative estimate of drug-likeness (QED) is 0.836. The molecule has 1 aromatic rings. The molecule has 1 N–H and O–H groups in total. The van der Waals surface area contributed by atoms with Gasteiger partial charge in [-0.25, -0.2) is 0 Å². The molecule has 1 saturated carbocycles. The highest BCUT2D eigenvalue weighted by molar-refractivity contribution is 5.97. The van der Waals surface area contributed by atoms with E-state index < -0.39 is 5.60 Å². The van der Waals surface area contributed by atoms with Crippen LogP contribution in [0.5, 0.6) is 5.75 Å². The van der Waals surface area contributed by atoms with Crippen molar-refractivity contribution in [1.82, 2.24) is 0 Å². The molecule has 1 amide bonds. The highest BCUT2D eigenvalue weighted by Gasteiger charge is 2.42. The molecule has 0 radical (unpaired) electrons. The topological polar surface area (TPSA) is 71.3 Å². The molecule has 1 aromatic carbocycles. The predicted molar refractivity (Wildman–Crippen MR) is 97.5 cm³/mol. The Kier molecular flexibility index (Phi) is 6.44. The van der Waals surface area contributed by atoms with Crippen molar-refractivity contribution in [2.45, 2.75) is 65.1 Å². The fourth-order valence-corrected chi connectivity index (χ4v) is 3.48. The number of carbonyl (C=O) groups excluding carboxylic acids is 1. The Bertz CT molecular complexity index is 647. The lowest BCUT2D eigenvalue weighted by Crippen LogP contribution is -2.48. The normalized spacial score (nSPS) is 23.1. The number of carbonyl (C=O) groups is 1. The second-order valence-electron chi connectivity index (χ2n) is 7.07. The summed E-state index contributed by atoms with van der Waals surface area (Å²) in [6.07, 6.45) is 3.56. The molecule has 0 bridgehead atoms. The molecule has 2 rings (SSSR count). The summed E-state index contributed by atoms with van der Waals surface area (Å²) < 4.78 is 11.5. The Morgan fingerprint density at radius 1 is 1.48 bits per heavy atom. The standard InChI is InChI=1S/C20H28N2O3/c1-5-24-20(10-6-7-15(4)12-20)19(23)22-17-8-9-18(25-14(2)3)16(11-17)13-21/h8-9,11,14-15H,5-7,10,12H2,1-4H3,(H,22,23)/t15-,20+/m1/s1. The second-order valence-corrected chi connectivity index (χ2v) is 7.07. The monoisotopic (exact) mass is 344 g/mol. The van der Waals surface area contributed by atoms with E-state index in [-0.39, 0.29) is 12.0 Å². The molecule has 136 valence electrons. The number of benzene rings is 1. The van der Waals surface area contributed by atoms with Crippen molar-refractivity contribution < 1.29 is 14.3 Å². The lowest BCUT2D eigenvalue weighted by molar-refractivity contribution is -0.147. The number of hydrogen-bond acceptors (Lipinski definition) is 4. The van der Waals surface area contributed by atoms with Gasteiger partial charge in [0.1, 0.15) is 17.4 Å². The largest absolute Gasteiger partial charge is 0.490 e. The Morgan fingerprint density at radius 3 is 2.84 bits per heavy atom. The number of hydrogen-bond donors (Lipinski definition) is 1. The molecular weight excluding hydrogens is 316 g/mol. The first-order chi connectivity index (χ1) is 11.9. The zero-order valence-corrected chi connectivity index (χ0v) is 15.6. The third-order valence-electron chi connectivity index (χ3n) is 4.51. The first kappa shape index (κ1) is 19.3. The van der Waals surface area contributed by atoms with Gasteiger partial charge in [-0.2, -0.15) is 5.26 Å². The minimum Gasteiger partial charge on any atom is -0.490 e. The molecular formula is C20H28N2O3. The Hall–Kier alpha value is -2.06. The van der Waals surface area contributed by atoms with E-state index in [2.05, 4.69) is 18.3 Å². The molecule has 0 unspecified atom stereocenters. The zero-order chi connectivity index (χ0) is 18.4. The summed E-state index contributed by atoms with van der Waals surface area (Å²) in [4.78, 5) is 12.9. The van der Waals surface area contributed by atoms with Crippen molar-refractivity contribution >= 4 is 11.6 Å². The van der Waals surface area contributed by atoms with Crippen LogP contribution in [0.15, 0.2) is 18.2 Å². The summed E-state index contributed by atoms with van der Waals surface area (Å²) in [5.74, 6) is 0.867. The van der Waals surface area contributed by atoms with E-state index in [4.69, 9.17) is 9.47 Å². The third-order valence-corrected chi connectivity index (χ3v) is 4.51. The molecule has 0 aromatic heterocycles. The van der Waals surface area contributed by atoms with Crippen LogP contribution >= 0.6 is 0 Å². The van der Waals surface area contributed by atoms with Crippen molar-refractivity contribution in [3.05, 3.63) is 23.8 Å². The number of nitrogens with one attached hydrogen (secondary N) is 1. The van der Waals surface area contributed by atoms with Gasteiger partial charge in [0.2, 0.25) is 0 Å². The summed E-state index contributed by atoms with van der Waals surface area (Å²) in [7, 11) is 0. The van der Waals surface area contributed by atoms with E-state index in [1.165, 1.54) is 0 Å². The van der Waals surface area contributed by atoms with Gasteiger partial charge in [0, 0.05) is 12.3 Å². The molecule has 0 heterocycles. The third kappa shape index (κ3) is 4.73. The molecule has 5 heteroatoms. The molecule has 5 nitrogen and oxygen atoms in total. The highest BCUT2D eigenvalue weighted by Crippen LogP contribution is 2.36. The molecule has 0 saturated heterocycles. The zero-order valence-electron chi connectivity index (χ0n) is 15.6. The van der Waals surface area contributed by atoms with Gasteiger partial charge in [0.15, 0.2) is 0 Å². The maximum atomic E-state index is 12.9. The summed E-state index contributed by atoms with van der Waals surface area (Å²) in [5, 5.41) is 12.3. The minimum absolute atomic E-state index is 0.0162. The summed E-state index contributed by atoms with van der Waals surface area (Å²) in [6, 6.07) is 7.28. The van der Waals surface area contributed by atoms with Crippen LogP contribution in [0, 0.1) is 17.2 Å². The van der Waals surface area contributed by atoms with Crippen LogP contribution in [0.1, 0.15) is 58.9 Å². The first-order valence-electron chi connectivity index (χ1n) is 9.06. The molecule has 1 fully saturated rings. The fourth-order valence-electron chi connectivity index (χ4n) is 3.48. The van der Waals surface area contributed by atoms with Crippen LogP contribution < -0.4 is 10.1 Å². The molecule has 1 aliphatic rings. The average Bonchev–Trinajstić information content (AvgIpc) is 2.56. The van der Waals surface area contributed by atoms with Gasteiger partial charge in [-0.15, -0.1) is 0 Å². The highest BCUT2D eigenvalue weighted by atomic mass is 16.5. The van der Waals surface area contributed by atoms with Crippen molar-refractivity contribution in [2.24, 2.45) is 5.92 Å². The number of ether oxygens (including phenoxy) is 2. The molecule has 0 aliphatic heterocycles. The minimum atomic E-state index is -0.772. The number of rotatable bonds is 6. The summed E-state index contributed by atoms with van der Waals surface area (Å²) in [5.41, 5.74) is 0.232. The number of amides is 1. The lowest BCUT2D eigenvalue weighted by Gasteiger charge is -2.38. The van der Waals surface area contributed by atoms with Crippen LogP contribution in [0.3, 0.4) is 0 Å². The summed E-state index contributed by atoms with van der Waals surface area (Å²) >= 11 is 0. The molecule has 1 aliphatic carbocycles. The van der Waals surface area contributed by atoms with E-state index in [1.54, 1.807) is 18.2 Å². The van der Waals surface area contributed by atoms with Crippen molar-refractivity contribution in [1.29, 1.82) is 5.26 Å². The first-order valence-corrected chi connectivity index (χ1v) is 9.06. The Morgan fingerprint density at radius 2 is 2.24 bits per heavy atom. The van der Waals surface area contributed by atoms with Crippen LogP contribution in [-0.2, 0) is 9.53 Å². The smallest absolute Gasteiger partial charge is 0.256 e. The Balaban J connectivity index is 2.19. The van der Waals surface area contributed by atoms with Crippen molar-refractivity contribution in [2.75, 3.05) is 11.9 Å². The maximum Gasteiger partial charge on any atom is 0.256 e. The van der Waals surface area contributed by atoms with Crippen LogP contribution in [0.2, 0.25) is 0 Å². The van der Waals surface area contributed by atoms with E-state index >= 15 is 0 Å². The van der Waals surface area contributed by atoms with Crippen LogP contribution in [0.4, 0.5) is 5.69 Å². The van der Waals surface area contributed by atoms with E-state index in [0.717, 1.165) is 25.7 Å². The van der Waals surface area contributed by atoms with Gasteiger partial charge >= 0.3 is 0 Å². The predicted octanol–water partition coefficient (Wildman–Crippen LogP) is 4.27. The van der Waals surface area contributed by atoms with Gasteiger partial charge in [-0.3, -0.25) is 4.79 Å². The maximum absolute atomic E-state index is 12.9. The van der Waals surface area contributed by atoms with Gasteiger partial charge in [-0.1, -0.05) is 13.3 Å². The van der Waals surface area contributed by atoms with Gasteiger partial charge in [-0.05, 0) is 64.2 Å². The van der Waals surface area contributed by atoms with Gasteiger partial charge in [0.05, 0.1) is 11.7 Å². The van der Waals surface area contributed by atoms with Crippen LogP contribution in [-0.4, -0.2) is 24.2 Å². The lowest BCUT2D eigenvalue weighted by atomic mass is 9.78. The van der Waals surface area contributed by atoms with E-state index in [0.29, 0.717) is 29.5 Å². The molecule has 0 spiro atoms. The van der Waals surface area contributed by atoms with Gasteiger partial charge < -0.3 is 14.8 Å². The van der Waals surface area contributed by atoms with Crippen LogP contribution in [0.25, 0.3) is 0 Å². The van der Waals surface area contributed by atoms with Crippen molar-refractivity contribution in [3.8, 4) is 11.8 Å².